The molecule has 3 rings (SSSR count). The Kier molecular flexibility index (Phi) is 5.76. The first-order valence-corrected chi connectivity index (χ1v) is 9.59. The van der Waals surface area contributed by atoms with Gasteiger partial charge in [-0.1, -0.05) is 12.2 Å². The lowest BCUT2D eigenvalue weighted by Gasteiger charge is -2.16. The highest BCUT2D eigenvalue weighted by atomic mass is 32.2. The van der Waals surface area contributed by atoms with Crippen LogP contribution in [0.5, 0.6) is 0 Å². The molecule has 1 aliphatic carbocycles. The molecule has 0 saturated carbocycles. The number of hydrogen-bond acceptors (Lipinski definition) is 4. The first kappa shape index (κ1) is 17.5. The van der Waals surface area contributed by atoms with Crippen molar-refractivity contribution >= 4 is 29.3 Å². The maximum Gasteiger partial charge on any atom is 0.338 e. The van der Waals surface area contributed by atoms with E-state index in [-0.39, 0.29) is 11.9 Å². The zero-order valence-electron chi connectivity index (χ0n) is 14.2. The lowest BCUT2D eigenvalue weighted by atomic mass is 9.92. The predicted octanol–water partition coefficient (Wildman–Crippen LogP) is 4.12. The first-order chi connectivity index (χ1) is 12.2. The number of benzene rings is 1. The molecular formula is C20H21NO3S. The summed E-state index contributed by atoms with van der Waals surface area (Å²) in [5.41, 5.74) is 4.46. The van der Waals surface area contributed by atoms with Gasteiger partial charge in [0.15, 0.2) is 0 Å². The van der Waals surface area contributed by atoms with Gasteiger partial charge in [-0.2, -0.15) is 11.8 Å². The number of thioether (sulfide) groups is 1. The second-order valence-corrected chi connectivity index (χ2v) is 6.99. The van der Waals surface area contributed by atoms with Crippen LogP contribution in [0.1, 0.15) is 30.1 Å². The standard InChI is InChI=1S/C20H21NO3S/c1-2-24-20(23)15-5-7-18(8-6-15)21-19(22)17-4-3-14-9-11-25-12-10-16(14)13-17/h4-9,13H,2-3,10-12H2,1H3,(H,21,22). The molecule has 0 spiro atoms. The maximum absolute atomic E-state index is 12.5. The normalized spacial score (nSPS) is 16.6. The molecule has 1 amide bonds. The lowest BCUT2D eigenvalue weighted by Crippen LogP contribution is -2.15. The smallest absolute Gasteiger partial charge is 0.338 e. The summed E-state index contributed by atoms with van der Waals surface area (Å²) in [5, 5.41) is 2.89. The third-order valence-corrected chi connectivity index (χ3v) is 5.06. The largest absolute Gasteiger partial charge is 0.462 e. The molecule has 0 bridgehead atoms. The van der Waals surface area contributed by atoms with Crippen LogP contribution in [0, 0.1) is 0 Å². The minimum Gasteiger partial charge on any atom is -0.462 e. The van der Waals surface area contributed by atoms with Gasteiger partial charge in [0.1, 0.15) is 0 Å². The van der Waals surface area contributed by atoms with Crippen molar-refractivity contribution in [2.24, 2.45) is 0 Å². The third kappa shape index (κ3) is 4.42. The van der Waals surface area contributed by atoms with Crippen molar-refractivity contribution in [2.45, 2.75) is 19.8 Å². The molecule has 1 heterocycles. The molecule has 25 heavy (non-hydrogen) atoms. The third-order valence-electron chi connectivity index (χ3n) is 4.16. The Labute approximate surface area is 152 Å². The number of carbonyl (C=O) groups is 2. The van der Waals surface area contributed by atoms with E-state index in [1.54, 1.807) is 31.2 Å². The number of amides is 1. The molecule has 4 nitrogen and oxygen atoms in total. The van der Waals surface area contributed by atoms with Crippen molar-refractivity contribution in [1.82, 2.24) is 0 Å². The summed E-state index contributed by atoms with van der Waals surface area (Å²) in [6, 6.07) is 6.75. The Balaban J connectivity index is 1.66. The number of rotatable bonds is 4. The Hall–Kier alpha value is -2.27. The van der Waals surface area contributed by atoms with Gasteiger partial charge in [0, 0.05) is 17.0 Å². The summed E-state index contributed by atoms with van der Waals surface area (Å²) in [5.74, 6) is 1.67. The van der Waals surface area contributed by atoms with Gasteiger partial charge in [0.2, 0.25) is 0 Å². The fourth-order valence-corrected chi connectivity index (χ4v) is 3.68. The molecule has 0 radical (unpaired) electrons. The summed E-state index contributed by atoms with van der Waals surface area (Å²) in [4.78, 5) is 24.2. The molecule has 0 fully saturated rings. The van der Waals surface area contributed by atoms with Gasteiger partial charge in [-0.05, 0) is 67.0 Å². The highest BCUT2D eigenvalue weighted by Crippen LogP contribution is 2.30. The molecule has 0 saturated heterocycles. The van der Waals surface area contributed by atoms with Crippen molar-refractivity contribution in [3.8, 4) is 0 Å². The second-order valence-electron chi connectivity index (χ2n) is 5.84. The predicted molar refractivity (Wildman–Crippen MR) is 102 cm³/mol. The van der Waals surface area contributed by atoms with E-state index in [2.05, 4.69) is 11.4 Å². The van der Waals surface area contributed by atoms with Crippen molar-refractivity contribution in [3.05, 3.63) is 64.8 Å². The summed E-state index contributed by atoms with van der Waals surface area (Å²) in [7, 11) is 0. The summed E-state index contributed by atoms with van der Waals surface area (Å²) in [6.07, 6.45) is 8.08. The van der Waals surface area contributed by atoms with Crippen molar-refractivity contribution in [1.29, 1.82) is 0 Å². The van der Waals surface area contributed by atoms with Crippen molar-refractivity contribution in [2.75, 3.05) is 23.4 Å². The number of allylic oxidation sites excluding steroid dienone is 3. The Bertz CT molecular complexity index is 760. The topological polar surface area (TPSA) is 55.4 Å². The average molecular weight is 355 g/mol. The van der Waals surface area contributed by atoms with Crippen LogP contribution in [-0.2, 0) is 9.53 Å². The SMILES string of the molecule is CCOC(=O)c1ccc(NC(=O)C2=CCC3=CCSCCC3=C2)cc1. The van der Waals surface area contributed by atoms with Crippen LogP contribution in [0.15, 0.2) is 59.2 Å². The zero-order chi connectivity index (χ0) is 17.6. The van der Waals surface area contributed by atoms with Gasteiger partial charge in [0.25, 0.3) is 5.91 Å². The summed E-state index contributed by atoms with van der Waals surface area (Å²) >= 11 is 1.92. The zero-order valence-corrected chi connectivity index (χ0v) is 15.0. The quantitative estimate of drug-likeness (QED) is 0.826. The molecular weight excluding hydrogens is 334 g/mol. The van der Waals surface area contributed by atoms with Gasteiger partial charge in [-0.15, -0.1) is 0 Å². The fourth-order valence-electron chi connectivity index (χ4n) is 2.83. The van der Waals surface area contributed by atoms with Gasteiger partial charge >= 0.3 is 5.97 Å². The molecule has 2 aliphatic rings. The molecule has 5 heteroatoms. The van der Waals surface area contributed by atoms with Gasteiger partial charge in [0.05, 0.1) is 12.2 Å². The second kappa shape index (κ2) is 8.21. The highest BCUT2D eigenvalue weighted by molar-refractivity contribution is 7.99. The van der Waals surface area contributed by atoms with E-state index in [0.29, 0.717) is 23.4 Å². The summed E-state index contributed by atoms with van der Waals surface area (Å²) in [6.45, 7) is 2.11. The van der Waals surface area contributed by atoms with Crippen LogP contribution in [0.4, 0.5) is 5.69 Å². The van der Waals surface area contributed by atoms with Crippen LogP contribution in [0.2, 0.25) is 0 Å². The van der Waals surface area contributed by atoms with E-state index in [1.165, 1.54) is 11.1 Å². The minimum atomic E-state index is -0.356. The van der Waals surface area contributed by atoms with Crippen molar-refractivity contribution in [3.63, 3.8) is 0 Å². The molecule has 130 valence electrons. The molecule has 1 N–H and O–H groups in total. The van der Waals surface area contributed by atoms with E-state index in [1.807, 2.05) is 23.9 Å². The molecule has 0 unspecified atom stereocenters. The number of carbonyl (C=O) groups excluding carboxylic acids is 2. The molecule has 1 aliphatic heterocycles. The van der Waals surface area contributed by atoms with Crippen LogP contribution < -0.4 is 5.32 Å². The van der Waals surface area contributed by atoms with E-state index >= 15 is 0 Å². The van der Waals surface area contributed by atoms with Crippen LogP contribution in [0.25, 0.3) is 0 Å². The van der Waals surface area contributed by atoms with Gasteiger partial charge in [-0.25, -0.2) is 4.79 Å². The van der Waals surface area contributed by atoms with Crippen molar-refractivity contribution < 1.29 is 14.3 Å². The monoisotopic (exact) mass is 355 g/mol. The summed E-state index contributed by atoms with van der Waals surface area (Å²) < 4.78 is 4.95. The number of anilines is 1. The van der Waals surface area contributed by atoms with E-state index < -0.39 is 0 Å². The average Bonchev–Trinajstić information content (AvgIpc) is 2.87. The molecule has 1 aromatic carbocycles. The first-order valence-electron chi connectivity index (χ1n) is 8.44. The van der Waals surface area contributed by atoms with Gasteiger partial charge < -0.3 is 10.1 Å². The fraction of sp³-hybridized carbons (Fsp3) is 0.300. The highest BCUT2D eigenvalue weighted by Gasteiger charge is 2.17. The van der Waals surface area contributed by atoms with Crippen LogP contribution >= 0.6 is 11.8 Å². The lowest BCUT2D eigenvalue weighted by molar-refractivity contribution is -0.112. The Morgan fingerprint density at radius 2 is 1.96 bits per heavy atom. The molecule has 1 aromatic rings. The number of hydrogen-bond donors (Lipinski definition) is 1. The van der Waals surface area contributed by atoms with Crippen LogP contribution in [0.3, 0.4) is 0 Å². The number of ether oxygens (including phenoxy) is 1. The van der Waals surface area contributed by atoms with Gasteiger partial charge in [-0.3, -0.25) is 4.79 Å². The van der Waals surface area contributed by atoms with Crippen LogP contribution in [-0.4, -0.2) is 30.0 Å². The minimum absolute atomic E-state index is 0.118. The van der Waals surface area contributed by atoms with E-state index in [9.17, 15) is 9.59 Å². The van der Waals surface area contributed by atoms with E-state index in [0.717, 1.165) is 24.3 Å². The Morgan fingerprint density at radius 3 is 2.72 bits per heavy atom. The van der Waals surface area contributed by atoms with E-state index in [4.69, 9.17) is 4.74 Å². The number of nitrogens with one attached hydrogen (secondary N) is 1. The molecule has 0 atom stereocenters. The number of esters is 1. The maximum atomic E-state index is 12.5. The molecule has 0 aromatic heterocycles. The Morgan fingerprint density at radius 1 is 1.16 bits per heavy atom. The number of fused-ring (bicyclic) bond motifs is 1.